The monoisotopic (exact) mass is 528 g/mol. The molecular formula is C28H32F4N6. The van der Waals surface area contributed by atoms with Crippen LogP contribution in [0, 0.1) is 5.82 Å². The van der Waals surface area contributed by atoms with Gasteiger partial charge < -0.3 is 14.4 Å². The van der Waals surface area contributed by atoms with E-state index in [2.05, 4.69) is 24.3 Å². The topological polar surface area (TPSA) is 50.1 Å². The van der Waals surface area contributed by atoms with E-state index in [0.717, 1.165) is 101 Å². The van der Waals surface area contributed by atoms with Crippen molar-refractivity contribution in [3.63, 3.8) is 0 Å². The van der Waals surface area contributed by atoms with Crippen molar-refractivity contribution in [2.45, 2.75) is 63.6 Å². The molecule has 0 unspecified atom stereocenters. The van der Waals surface area contributed by atoms with Gasteiger partial charge in [-0.15, -0.1) is 0 Å². The maximum atomic E-state index is 13.9. The van der Waals surface area contributed by atoms with Crippen LogP contribution in [0.15, 0.2) is 30.7 Å². The van der Waals surface area contributed by atoms with Crippen LogP contribution >= 0.6 is 0 Å². The summed E-state index contributed by atoms with van der Waals surface area (Å²) in [5.74, 6) is 0.883. The molecule has 0 atom stereocenters. The number of likely N-dealkylation sites (tertiary alicyclic amines) is 1. The summed E-state index contributed by atoms with van der Waals surface area (Å²) in [5.41, 5.74) is 1.93. The molecule has 3 aromatic rings. The van der Waals surface area contributed by atoms with Crippen molar-refractivity contribution < 1.29 is 17.6 Å². The van der Waals surface area contributed by atoms with Crippen LogP contribution in [0.1, 0.15) is 60.7 Å². The number of benzene rings is 1. The Balaban J connectivity index is 1.25. The SMILES string of the molecule is Fc1ccc(-c2cn(CCN3CCCC3)c(C3CCN(c4ncnc5c4CCC5)CC3)n2)cc1C(F)(F)F. The fraction of sp³-hybridized carbons (Fsp3) is 0.536. The van der Waals surface area contributed by atoms with Crippen LogP contribution in [0.3, 0.4) is 0 Å². The number of nitrogens with zero attached hydrogens (tertiary/aromatic N) is 6. The van der Waals surface area contributed by atoms with Gasteiger partial charge in [-0.25, -0.2) is 19.3 Å². The molecule has 2 aliphatic heterocycles. The Morgan fingerprint density at radius 1 is 0.921 bits per heavy atom. The molecule has 0 radical (unpaired) electrons. The summed E-state index contributed by atoms with van der Waals surface area (Å²) in [5, 5.41) is 0. The molecule has 0 amide bonds. The number of aromatic nitrogens is 4. The van der Waals surface area contributed by atoms with Crippen molar-refractivity contribution in [1.29, 1.82) is 0 Å². The first kappa shape index (κ1) is 25.3. The van der Waals surface area contributed by atoms with Crippen molar-refractivity contribution in [1.82, 2.24) is 24.4 Å². The third-order valence-electron chi connectivity index (χ3n) is 8.24. The molecule has 10 heteroatoms. The third kappa shape index (κ3) is 5.02. The van der Waals surface area contributed by atoms with Gasteiger partial charge in [-0.3, -0.25) is 0 Å². The average molecular weight is 529 g/mol. The lowest BCUT2D eigenvalue weighted by molar-refractivity contribution is -0.139. The second-order valence-electron chi connectivity index (χ2n) is 10.7. The smallest absolute Gasteiger partial charge is 0.356 e. The quantitative estimate of drug-likeness (QED) is 0.398. The average Bonchev–Trinajstić information content (AvgIpc) is 3.68. The number of aryl methyl sites for hydroxylation is 1. The molecular weight excluding hydrogens is 496 g/mol. The molecule has 6 rings (SSSR count). The van der Waals surface area contributed by atoms with Gasteiger partial charge in [-0.05, 0) is 76.2 Å². The molecule has 0 bridgehead atoms. The number of piperidine rings is 1. The van der Waals surface area contributed by atoms with Crippen LogP contribution in [-0.4, -0.2) is 57.1 Å². The molecule has 38 heavy (non-hydrogen) atoms. The summed E-state index contributed by atoms with van der Waals surface area (Å²) in [6.07, 6.45) is 6.08. The van der Waals surface area contributed by atoms with Gasteiger partial charge in [-0.1, -0.05) is 0 Å². The Morgan fingerprint density at radius 3 is 2.47 bits per heavy atom. The van der Waals surface area contributed by atoms with E-state index in [1.165, 1.54) is 24.5 Å². The highest BCUT2D eigenvalue weighted by Crippen LogP contribution is 2.37. The second kappa shape index (κ2) is 10.3. The molecule has 0 saturated carbocycles. The van der Waals surface area contributed by atoms with E-state index in [1.807, 2.05) is 6.20 Å². The fourth-order valence-electron chi connectivity index (χ4n) is 6.20. The molecule has 1 aromatic carbocycles. The van der Waals surface area contributed by atoms with Gasteiger partial charge in [0.2, 0.25) is 0 Å². The fourth-order valence-corrected chi connectivity index (χ4v) is 6.20. The lowest BCUT2D eigenvalue weighted by Gasteiger charge is -2.33. The largest absolute Gasteiger partial charge is 0.419 e. The molecule has 2 fully saturated rings. The van der Waals surface area contributed by atoms with Crippen molar-refractivity contribution in [2.24, 2.45) is 0 Å². The number of halogens is 4. The highest BCUT2D eigenvalue weighted by Gasteiger charge is 2.35. The minimum Gasteiger partial charge on any atom is -0.356 e. The first-order valence-electron chi connectivity index (χ1n) is 13.6. The predicted molar refractivity (Wildman–Crippen MR) is 137 cm³/mol. The molecule has 3 aliphatic rings. The van der Waals surface area contributed by atoms with Gasteiger partial charge in [0, 0.05) is 55.1 Å². The first-order valence-corrected chi connectivity index (χ1v) is 13.6. The summed E-state index contributed by atoms with van der Waals surface area (Å²) in [6, 6.07) is 3.16. The summed E-state index contributed by atoms with van der Waals surface area (Å²) in [4.78, 5) is 18.7. The highest BCUT2D eigenvalue weighted by molar-refractivity contribution is 5.60. The van der Waals surface area contributed by atoms with Gasteiger partial charge >= 0.3 is 6.18 Å². The highest BCUT2D eigenvalue weighted by atomic mass is 19.4. The number of imidazole rings is 1. The van der Waals surface area contributed by atoms with Gasteiger partial charge in [0.25, 0.3) is 0 Å². The third-order valence-corrected chi connectivity index (χ3v) is 8.24. The number of fused-ring (bicyclic) bond motifs is 1. The summed E-state index contributed by atoms with van der Waals surface area (Å²) < 4.78 is 56.2. The van der Waals surface area contributed by atoms with E-state index >= 15 is 0 Å². The zero-order valence-corrected chi connectivity index (χ0v) is 21.4. The number of anilines is 1. The van der Waals surface area contributed by atoms with Gasteiger partial charge in [0.15, 0.2) is 0 Å². The van der Waals surface area contributed by atoms with Crippen molar-refractivity contribution in [3.8, 4) is 11.3 Å². The Labute approximate surface area is 219 Å². The second-order valence-corrected chi connectivity index (χ2v) is 10.7. The Kier molecular flexibility index (Phi) is 6.84. The molecule has 6 nitrogen and oxygen atoms in total. The van der Waals surface area contributed by atoms with E-state index in [9.17, 15) is 17.6 Å². The number of alkyl halides is 3. The maximum absolute atomic E-state index is 13.9. The van der Waals surface area contributed by atoms with Crippen LogP contribution in [0.2, 0.25) is 0 Å². The molecule has 0 N–H and O–H groups in total. The molecule has 2 saturated heterocycles. The van der Waals surface area contributed by atoms with E-state index in [1.54, 1.807) is 6.33 Å². The number of hydrogen-bond donors (Lipinski definition) is 0. The van der Waals surface area contributed by atoms with Crippen LogP contribution in [0.5, 0.6) is 0 Å². The number of rotatable bonds is 6. The lowest BCUT2D eigenvalue weighted by atomic mass is 9.95. The minimum atomic E-state index is -4.75. The zero-order valence-electron chi connectivity index (χ0n) is 21.4. The Morgan fingerprint density at radius 2 is 1.71 bits per heavy atom. The van der Waals surface area contributed by atoms with Crippen LogP contribution in [0.4, 0.5) is 23.4 Å². The summed E-state index contributed by atoms with van der Waals surface area (Å²) >= 11 is 0. The van der Waals surface area contributed by atoms with Gasteiger partial charge in [-0.2, -0.15) is 13.2 Å². The molecule has 0 spiro atoms. The van der Waals surface area contributed by atoms with Gasteiger partial charge in [0.05, 0.1) is 11.3 Å². The predicted octanol–water partition coefficient (Wildman–Crippen LogP) is 5.47. The minimum absolute atomic E-state index is 0.191. The normalized spacial score (nSPS) is 18.9. The van der Waals surface area contributed by atoms with Crippen molar-refractivity contribution >= 4 is 5.82 Å². The standard InChI is InChI=1S/C28H32F4N6/c29-23-7-6-20(16-22(23)28(30,31)32)25-17-38(15-14-36-10-1-2-11-36)26(35-25)19-8-12-37(13-9-19)27-21-4-3-5-24(21)33-18-34-27/h6-7,16-19H,1-5,8-15H2. The molecule has 202 valence electrons. The molecule has 1 aliphatic carbocycles. The molecule has 4 heterocycles. The first-order chi connectivity index (χ1) is 18.4. The van der Waals surface area contributed by atoms with Crippen molar-refractivity contribution in [2.75, 3.05) is 37.6 Å². The van der Waals surface area contributed by atoms with Gasteiger partial charge in [0.1, 0.15) is 23.8 Å². The van der Waals surface area contributed by atoms with Crippen LogP contribution in [0.25, 0.3) is 11.3 Å². The maximum Gasteiger partial charge on any atom is 0.419 e. The zero-order chi connectivity index (χ0) is 26.3. The Hall–Kier alpha value is -3.01. The summed E-state index contributed by atoms with van der Waals surface area (Å²) in [7, 11) is 0. The van der Waals surface area contributed by atoms with E-state index in [4.69, 9.17) is 4.98 Å². The molecule has 2 aromatic heterocycles. The van der Waals surface area contributed by atoms with E-state index in [-0.39, 0.29) is 11.5 Å². The van der Waals surface area contributed by atoms with E-state index < -0.39 is 17.6 Å². The lowest BCUT2D eigenvalue weighted by Crippen LogP contribution is -2.35. The van der Waals surface area contributed by atoms with Crippen molar-refractivity contribution in [3.05, 3.63) is 59.2 Å². The summed E-state index contributed by atoms with van der Waals surface area (Å²) in [6.45, 7) is 5.45. The Bertz CT molecular complexity index is 1290. The van der Waals surface area contributed by atoms with Crippen LogP contribution < -0.4 is 4.90 Å². The number of hydrogen-bond acceptors (Lipinski definition) is 5. The van der Waals surface area contributed by atoms with Crippen LogP contribution in [-0.2, 0) is 25.6 Å². The van der Waals surface area contributed by atoms with E-state index in [0.29, 0.717) is 5.69 Å².